The number of unbranched alkanes of at least 4 members (excludes halogenated alkanes) is 4. The molecule has 20 heavy (non-hydrogen) atoms. The SMILES string of the molecule is NCCCCCCCc1cc(C(N)=O)c(Cl)c(O)c1O. The smallest absolute Gasteiger partial charge is 0.250 e. The van der Waals surface area contributed by atoms with Crippen molar-refractivity contribution >= 4 is 17.5 Å². The van der Waals surface area contributed by atoms with Crippen LogP contribution in [0.15, 0.2) is 6.07 Å². The lowest BCUT2D eigenvalue weighted by Gasteiger charge is -2.10. The monoisotopic (exact) mass is 300 g/mol. The second kappa shape index (κ2) is 7.97. The van der Waals surface area contributed by atoms with Crippen LogP contribution in [-0.4, -0.2) is 22.7 Å². The van der Waals surface area contributed by atoms with E-state index in [4.69, 9.17) is 23.1 Å². The van der Waals surface area contributed by atoms with Crippen LogP contribution in [-0.2, 0) is 6.42 Å². The molecule has 0 aliphatic rings. The quantitative estimate of drug-likeness (QED) is 0.436. The molecule has 0 radical (unpaired) electrons. The van der Waals surface area contributed by atoms with Gasteiger partial charge in [0.2, 0.25) is 5.91 Å². The third-order valence-electron chi connectivity index (χ3n) is 3.21. The van der Waals surface area contributed by atoms with Crippen LogP contribution in [0.4, 0.5) is 0 Å². The Morgan fingerprint density at radius 1 is 1.10 bits per heavy atom. The largest absolute Gasteiger partial charge is 0.504 e. The van der Waals surface area contributed by atoms with E-state index < -0.39 is 11.7 Å². The van der Waals surface area contributed by atoms with Gasteiger partial charge in [-0.1, -0.05) is 30.9 Å². The Labute approximate surface area is 123 Å². The molecule has 6 heteroatoms. The Morgan fingerprint density at radius 3 is 2.30 bits per heavy atom. The number of amides is 1. The van der Waals surface area contributed by atoms with E-state index in [0.717, 1.165) is 32.1 Å². The molecule has 112 valence electrons. The Kier molecular flexibility index (Phi) is 6.61. The molecule has 1 amide bonds. The van der Waals surface area contributed by atoms with Crippen molar-refractivity contribution in [2.24, 2.45) is 11.5 Å². The van der Waals surface area contributed by atoms with E-state index in [1.54, 1.807) is 0 Å². The summed E-state index contributed by atoms with van der Waals surface area (Å²) in [4.78, 5) is 11.2. The summed E-state index contributed by atoms with van der Waals surface area (Å²) >= 11 is 5.76. The number of phenols is 2. The number of primary amides is 1. The average Bonchev–Trinajstić information content (AvgIpc) is 2.42. The molecule has 5 nitrogen and oxygen atoms in total. The molecule has 0 aromatic heterocycles. The summed E-state index contributed by atoms with van der Waals surface area (Å²) in [6.45, 7) is 0.702. The standard InChI is InChI=1S/C14H21ClN2O3/c15-11-10(14(17)20)8-9(12(18)13(11)19)6-4-2-1-3-5-7-16/h8,18-19H,1-7,16H2,(H2,17,20). The maximum absolute atomic E-state index is 11.2. The fourth-order valence-corrected chi connectivity index (χ4v) is 2.29. The van der Waals surface area contributed by atoms with E-state index in [2.05, 4.69) is 0 Å². The summed E-state index contributed by atoms with van der Waals surface area (Å²) in [5.74, 6) is -1.49. The van der Waals surface area contributed by atoms with Gasteiger partial charge in [-0.25, -0.2) is 0 Å². The van der Waals surface area contributed by atoms with Crippen LogP contribution in [0, 0.1) is 0 Å². The molecule has 0 spiro atoms. The van der Waals surface area contributed by atoms with Crippen molar-refractivity contribution in [3.63, 3.8) is 0 Å². The van der Waals surface area contributed by atoms with Crippen LogP contribution in [0.5, 0.6) is 11.5 Å². The van der Waals surface area contributed by atoms with Gasteiger partial charge in [-0.3, -0.25) is 4.79 Å². The topological polar surface area (TPSA) is 110 Å². The van der Waals surface area contributed by atoms with E-state index in [0.29, 0.717) is 18.5 Å². The van der Waals surface area contributed by atoms with Crippen LogP contribution in [0.1, 0.15) is 48.0 Å². The number of rotatable bonds is 8. The van der Waals surface area contributed by atoms with Crippen LogP contribution >= 0.6 is 11.6 Å². The second-order valence-electron chi connectivity index (χ2n) is 4.77. The maximum atomic E-state index is 11.2. The van der Waals surface area contributed by atoms with Crippen LogP contribution in [0.3, 0.4) is 0 Å². The van der Waals surface area contributed by atoms with Gasteiger partial charge < -0.3 is 21.7 Å². The van der Waals surface area contributed by atoms with E-state index in [9.17, 15) is 15.0 Å². The molecule has 0 saturated carbocycles. The highest BCUT2D eigenvalue weighted by Gasteiger charge is 2.18. The molecule has 0 aliphatic heterocycles. The Hall–Kier alpha value is -1.46. The number of hydrogen-bond donors (Lipinski definition) is 4. The predicted octanol–water partition coefficient (Wildman–Crippen LogP) is 2.30. The lowest BCUT2D eigenvalue weighted by molar-refractivity contribution is 0.1000. The number of nitrogens with two attached hydrogens (primary N) is 2. The lowest BCUT2D eigenvalue weighted by Crippen LogP contribution is -2.12. The van der Waals surface area contributed by atoms with Crippen LogP contribution in [0.25, 0.3) is 0 Å². The molecule has 0 unspecified atom stereocenters. The highest BCUT2D eigenvalue weighted by Crippen LogP contribution is 2.39. The number of halogens is 1. The van der Waals surface area contributed by atoms with Gasteiger partial charge in [-0.05, 0) is 37.4 Å². The molecule has 0 aliphatic carbocycles. The summed E-state index contributed by atoms with van der Waals surface area (Å²) in [6, 6.07) is 1.44. The van der Waals surface area contributed by atoms with E-state index in [-0.39, 0.29) is 16.3 Å². The zero-order valence-corrected chi connectivity index (χ0v) is 12.1. The van der Waals surface area contributed by atoms with Crippen molar-refractivity contribution < 1.29 is 15.0 Å². The first kappa shape index (κ1) is 16.6. The minimum absolute atomic E-state index is 0.0279. The number of hydrogen-bond acceptors (Lipinski definition) is 4. The number of aromatic hydroxyl groups is 2. The number of carbonyl (C=O) groups excluding carboxylic acids is 1. The normalized spacial score (nSPS) is 10.7. The molecular weight excluding hydrogens is 280 g/mol. The molecule has 0 saturated heterocycles. The number of carbonyl (C=O) groups is 1. The van der Waals surface area contributed by atoms with Crippen molar-refractivity contribution in [2.75, 3.05) is 6.54 Å². The molecule has 0 fully saturated rings. The third kappa shape index (κ3) is 4.28. The van der Waals surface area contributed by atoms with Gasteiger partial charge in [0.25, 0.3) is 0 Å². The minimum Gasteiger partial charge on any atom is -0.504 e. The Bertz CT molecular complexity index is 478. The second-order valence-corrected chi connectivity index (χ2v) is 5.14. The fraction of sp³-hybridized carbons (Fsp3) is 0.500. The van der Waals surface area contributed by atoms with Crippen LogP contribution < -0.4 is 11.5 Å². The number of phenolic OH excluding ortho intramolecular Hbond substituents is 2. The van der Waals surface area contributed by atoms with Crippen molar-refractivity contribution in [3.8, 4) is 11.5 Å². The van der Waals surface area contributed by atoms with E-state index in [1.807, 2.05) is 0 Å². The van der Waals surface area contributed by atoms with Crippen LogP contribution in [0.2, 0.25) is 5.02 Å². The molecule has 1 aromatic rings. The van der Waals surface area contributed by atoms with Crippen molar-refractivity contribution in [2.45, 2.75) is 38.5 Å². The van der Waals surface area contributed by atoms with Crippen molar-refractivity contribution in [3.05, 3.63) is 22.2 Å². The predicted molar refractivity (Wildman–Crippen MR) is 79.1 cm³/mol. The molecule has 0 atom stereocenters. The first-order valence-electron chi connectivity index (χ1n) is 6.72. The Balaban J connectivity index is 2.68. The molecule has 0 heterocycles. The van der Waals surface area contributed by atoms with Gasteiger partial charge in [-0.15, -0.1) is 0 Å². The van der Waals surface area contributed by atoms with Gasteiger partial charge in [0, 0.05) is 0 Å². The zero-order valence-electron chi connectivity index (χ0n) is 11.4. The van der Waals surface area contributed by atoms with Gasteiger partial charge >= 0.3 is 0 Å². The molecular formula is C14H21ClN2O3. The first-order chi connectivity index (χ1) is 9.49. The van der Waals surface area contributed by atoms with E-state index >= 15 is 0 Å². The fourth-order valence-electron chi connectivity index (χ4n) is 2.05. The lowest BCUT2D eigenvalue weighted by atomic mass is 10.0. The first-order valence-corrected chi connectivity index (χ1v) is 7.10. The minimum atomic E-state index is -0.727. The molecule has 1 aromatic carbocycles. The van der Waals surface area contributed by atoms with Gasteiger partial charge in [0.05, 0.1) is 10.6 Å². The van der Waals surface area contributed by atoms with Gasteiger partial charge in [0.15, 0.2) is 11.5 Å². The maximum Gasteiger partial charge on any atom is 0.250 e. The zero-order chi connectivity index (χ0) is 15.1. The van der Waals surface area contributed by atoms with Crippen molar-refractivity contribution in [1.29, 1.82) is 0 Å². The third-order valence-corrected chi connectivity index (χ3v) is 3.59. The summed E-state index contributed by atoms with van der Waals surface area (Å²) in [5, 5.41) is 19.3. The molecule has 6 N–H and O–H groups in total. The number of benzene rings is 1. The summed E-state index contributed by atoms with van der Waals surface area (Å²) in [7, 11) is 0. The van der Waals surface area contributed by atoms with Gasteiger partial charge in [0.1, 0.15) is 0 Å². The number of aryl methyl sites for hydroxylation is 1. The highest BCUT2D eigenvalue weighted by atomic mass is 35.5. The molecule has 1 rings (SSSR count). The summed E-state index contributed by atoms with van der Waals surface area (Å²) in [6.07, 6.45) is 5.56. The van der Waals surface area contributed by atoms with Gasteiger partial charge in [-0.2, -0.15) is 0 Å². The summed E-state index contributed by atoms with van der Waals surface area (Å²) < 4.78 is 0. The average molecular weight is 301 g/mol. The molecule has 0 bridgehead atoms. The highest BCUT2D eigenvalue weighted by molar-refractivity contribution is 6.35. The summed E-state index contributed by atoms with van der Waals surface area (Å²) in [5.41, 5.74) is 11.1. The van der Waals surface area contributed by atoms with E-state index in [1.165, 1.54) is 6.07 Å². The van der Waals surface area contributed by atoms with Crippen molar-refractivity contribution in [1.82, 2.24) is 0 Å². The Morgan fingerprint density at radius 2 is 1.70 bits per heavy atom.